The van der Waals surface area contributed by atoms with Crippen LogP contribution in [-0.4, -0.2) is 32.3 Å². The Balaban J connectivity index is 2.14. The summed E-state index contributed by atoms with van der Waals surface area (Å²) < 4.78 is 11.0. The van der Waals surface area contributed by atoms with Crippen molar-refractivity contribution in [3.63, 3.8) is 0 Å². The summed E-state index contributed by atoms with van der Waals surface area (Å²) in [4.78, 5) is 7.28. The maximum Gasteiger partial charge on any atom is 0.145 e. The molecular formula is C18H24N2O2. The molecule has 2 heterocycles. The summed E-state index contributed by atoms with van der Waals surface area (Å²) in [7, 11) is 3.38. The fourth-order valence-electron chi connectivity index (χ4n) is 3.35. The Morgan fingerprint density at radius 3 is 2.59 bits per heavy atom. The molecule has 1 aliphatic rings. The summed E-state index contributed by atoms with van der Waals surface area (Å²) in [5.41, 5.74) is 2.06. The van der Waals surface area contributed by atoms with Crippen LogP contribution in [0.25, 0.3) is 10.9 Å². The number of methoxy groups -OCH3 is 2. The van der Waals surface area contributed by atoms with Crippen molar-refractivity contribution in [3.8, 4) is 11.5 Å². The van der Waals surface area contributed by atoms with Gasteiger partial charge in [-0.05, 0) is 49.4 Å². The predicted octanol–water partition coefficient (Wildman–Crippen LogP) is 3.80. The molecule has 1 aliphatic heterocycles. The molecule has 22 heavy (non-hydrogen) atoms. The van der Waals surface area contributed by atoms with Gasteiger partial charge in [0.15, 0.2) is 0 Å². The van der Waals surface area contributed by atoms with E-state index in [-0.39, 0.29) is 0 Å². The summed E-state index contributed by atoms with van der Waals surface area (Å²) in [5.74, 6) is 3.41. The summed E-state index contributed by atoms with van der Waals surface area (Å²) in [5, 5.41) is 1.04. The topological polar surface area (TPSA) is 34.6 Å². The summed E-state index contributed by atoms with van der Waals surface area (Å²) >= 11 is 0. The molecule has 0 aliphatic carbocycles. The van der Waals surface area contributed by atoms with Crippen molar-refractivity contribution in [2.75, 3.05) is 32.2 Å². The lowest BCUT2D eigenvalue weighted by Crippen LogP contribution is -2.34. The molecule has 118 valence electrons. The molecule has 0 spiro atoms. The first-order valence-electron chi connectivity index (χ1n) is 7.91. The van der Waals surface area contributed by atoms with Crippen LogP contribution < -0.4 is 14.4 Å². The van der Waals surface area contributed by atoms with Crippen LogP contribution in [0.1, 0.15) is 25.3 Å². The molecule has 1 saturated heterocycles. The van der Waals surface area contributed by atoms with E-state index in [2.05, 4.69) is 24.8 Å². The van der Waals surface area contributed by atoms with E-state index in [1.54, 1.807) is 14.2 Å². The summed E-state index contributed by atoms with van der Waals surface area (Å²) in [6.07, 6.45) is 2.54. The minimum absolute atomic E-state index is 0.721. The summed E-state index contributed by atoms with van der Waals surface area (Å²) in [6, 6.07) is 6.04. The Bertz CT molecular complexity index is 684. The van der Waals surface area contributed by atoms with Crippen LogP contribution in [0, 0.1) is 12.8 Å². The SMILES string of the molecule is COc1ccc(OC)c2c(C)cc(N3CCC[C@@H](C)C3)nc12. The van der Waals surface area contributed by atoms with Crippen molar-refractivity contribution in [2.45, 2.75) is 26.7 Å². The first-order valence-corrected chi connectivity index (χ1v) is 7.91. The highest BCUT2D eigenvalue weighted by Gasteiger charge is 2.20. The second-order valence-electron chi connectivity index (χ2n) is 6.18. The molecule has 0 saturated carbocycles. The van der Waals surface area contributed by atoms with E-state index in [4.69, 9.17) is 14.5 Å². The molecule has 2 aromatic rings. The maximum atomic E-state index is 5.51. The van der Waals surface area contributed by atoms with Crippen molar-refractivity contribution in [1.29, 1.82) is 0 Å². The second-order valence-corrected chi connectivity index (χ2v) is 6.18. The van der Waals surface area contributed by atoms with E-state index in [0.717, 1.165) is 47.2 Å². The Kier molecular flexibility index (Phi) is 4.10. The van der Waals surface area contributed by atoms with Gasteiger partial charge in [-0.15, -0.1) is 0 Å². The van der Waals surface area contributed by atoms with Gasteiger partial charge in [-0.2, -0.15) is 0 Å². The third-order valence-electron chi connectivity index (χ3n) is 4.49. The van der Waals surface area contributed by atoms with Crippen LogP contribution in [0.5, 0.6) is 11.5 Å². The Morgan fingerprint density at radius 2 is 1.91 bits per heavy atom. The number of pyridine rings is 1. The summed E-state index contributed by atoms with van der Waals surface area (Å²) in [6.45, 7) is 6.57. The molecule has 0 bridgehead atoms. The molecule has 1 atom stereocenters. The minimum atomic E-state index is 0.721. The maximum absolute atomic E-state index is 5.51. The Hall–Kier alpha value is -1.97. The third-order valence-corrected chi connectivity index (χ3v) is 4.49. The van der Waals surface area contributed by atoms with Gasteiger partial charge < -0.3 is 14.4 Å². The molecule has 4 heteroatoms. The number of rotatable bonds is 3. The zero-order chi connectivity index (χ0) is 15.7. The monoisotopic (exact) mass is 300 g/mol. The molecule has 1 aromatic carbocycles. The molecule has 0 N–H and O–H groups in total. The first kappa shape index (κ1) is 14.9. The highest BCUT2D eigenvalue weighted by molar-refractivity contribution is 5.94. The largest absolute Gasteiger partial charge is 0.496 e. The zero-order valence-electron chi connectivity index (χ0n) is 13.8. The first-order chi connectivity index (χ1) is 10.6. The van der Waals surface area contributed by atoms with E-state index in [1.807, 2.05) is 12.1 Å². The molecule has 1 fully saturated rings. The number of hydrogen-bond acceptors (Lipinski definition) is 4. The lowest BCUT2D eigenvalue weighted by Gasteiger charge is -2.32. The number of aromatic nitrogens is 1. The smallest absolute Gasteiger partial charge is 0.145 e. The predicted molar refractivity (Wildman–Crippen MR) is 90.2 cm³/mol. The number of anilines is 1. The van der Waals surface area contributed by atoms with Crippen LogP contribution >= 0.6 is 0 Å². The highest BCUT2D eigenvalue weighted by atomic mass is 16.5. The van der Waals surface area contributed by atoms with Crippen LogP contribution in [0.15, 0.2) is 18.2 Å². The quantitative estimate of drug-likeness (QED) is 0.863. The van der Waals surface area contributed by atoms with Crippen molar-refractivity contribution >= 4 is 16.7 Å². The van der Waals surface area contributed by atoms with Gasteiger partial charge in [0, 0.05) is 18.5 Å². The third kappa shape index (κ3) is 2.58. The Morgan fingerprint density at radius 1 is 1.18 bits per heavy atom. The van der Waals surface area contributed by atoms with E-state index in [9.17, 15) is 0 Å². The number of ether oxygens (including phenoxy) is 2. The van der Waals surface area contributed by atoms with E-state index in [1.165, 1.54) is 18.4 Å². The van der Waals surface area contributed by atoms with Gasteiger partial charge in [-0.25, -0.2) is 4.98 Å². The van der Waals surface area contributed by atoms with E-state index >= 15 is 0 Å². The van der Waals surface area contributed by atoms with Gasteiger partial charge in [-0.1, -0.05) is 6.92 Å². The normalized spacial score (nSPS) is 18.5. The fourth-order valence-corrected chi connectivity index (χ4v) is 3.35. The number of nitrogens with zero attached hydrogens (tertiary/aromatic N) is 2. The number of hydrogen-bond donors (Lipinski definition) is 0. The van der Waals surface area contributed by atoms with Crippen LogP contribution in [0.4, 0.5) is 5.82 Å². The molecule has 0 radical (unpaired) electrons. The lowest BCUT2D eigenvalue weighted by atomic mass is 10.00. The van der Waals surface area contributed by atoms with Crippen molar-refractivity contribution in [1.82, 2.24) is 4.98 Å². The lowest BCUT2D eigenvalue weighted by molar-refractivity contribution is 0.409. The van der Waals surface area contributed by atoms with E-state index in [0.29, 0.717) is 0 Å². The molecule has 4 nitrogen and oxygen atoms in total. The van der Waals surface area contributed by atoms with Gasteiger partial charge in [-0.3, -0.25) is 0 Å². The highest BCUT2D eigenvalue weighted by Crippen LogP contribution is 2.36. The van der Waals surface area contributed by atoms with Crippen molar-refractivity contribution in [2.24, 2.45) is 5.92 Å². The number of piperidine rings is 1. The van der Waals surface area contributed by atoms with Gasteiger partial charge in [0.1, 0.15) is 22.8 Å². The Labute approximate surface area is 132 Å². The van der Waals surface area contributed by atoms with Gasteiger partial charge in [0.2, 0.25) is 0 Å². The molecule has 0 amide bonds. The van der Waals surface area contributed by atoms with Crippen LogP contribution in [0.2, 0.25) is 0 Å². The minimum Gasteiger partial charge on any atom is -0.496 e. The molecule has 0 unspecified atom stereocenters. The van der Waals surface area contributed by atoms with Gasteiger partial charge in [0.05, 0.1) is 14.2 Å². The number of fused-ring (bicyclic) bond motifs is 1. The van der Waals surface area contributed by atoms with E-state index < -0.39 is 0 Å². The van der Waals surface area contributed by atoms with Crippen LogP contribution in [-0.2, 0) is 0 Å². The zero-order valence-corrected chi connectivity index (χ0v) is 13.8. The van der Waals surface area contributed by atoms with Gasteiger partial charge in [0.25, 0.3) is 0 Å². The van der Waals surface area contributed by atoms with Crippen molar-refractivity contribution in [3.05, 3.63) is 23.8 Å². The average Bonchev–Trinajstić information content (AvgIpc) is 2.53. The molecule has 1 aromatic heterocycles. The van der Waals surface area contributed by atoms with Crippen LogP contribution in [0.3, 0.4) is 0 Å². The van der Waals surface area contributed by atoms with Gasteiger partial charge >= 0.3 is 0 Å². The number of aryl methyl sites for hydroxylation is 1. The molecule has 3 rings (SSSR count). The standard InChI is InChI=1S/C18H24N2O2/c1-12-6-5-9-20(11-12)16-10-13(2)17-14(21-3)7-8-15(22-4)18(17)19-16/h7-8,10,12H,5-6,9,11H2,1-4H3/t12-/m1/s1. The fraction of sp³-hybridized carbons (Fsp3) is 0.500. The van der Waals surface area contributed by atoms with Crippen molar-refractivity contribution < 1.29 is 9.47 Å². The number of benzene rings is 1. The second kappa shape index (κ2) is 6.03. The molecular weight excluding hydrogens is 276 g/mol. The average molecular weight is 300 g/mol.